The van der Waals surface area contributed by atoms with E-state index in [4.69, 9.17) is 0 Å². The second-order valence-electron chi connectivity index (χ2n) is 3.63. The quantitative estimate of drug-likeness (QED) is 0.780. The molecule has 1 aromatic rings. The minimum atomic E-state index is -0.353. The molecule has 0 aliphatic heterocycles. The number of nitrogens with one attached hydrogen (secondary N) is 1. The Kier molecular flexibility index (Phi) is 4.65. The van der Waals surface area contributed by atoms with Crippen molar-refractivity contribution in [1.29, 1.82) is 0 Å². The molecule has 0 spiro atoms. The second kappa shape index (κ2) is 5.78. The molecule has 15 heavy (non-hydrogen) atoms. The van der Waals surface area contributed by atoms with Gasteiger partial charge in [0.1, 0.15) is 5.82 Å². The van der Waals surface area contributed by atoms with Crippen LogP contribution in [0.1, 0.15) is 31.9 Å². The minimum absolute atomic E-state index is 0.00519. The highest BCUT2D eigenvalue weighted by Gasteiger charge is 2.08. The molecule has 3 nitrogen and oxygen atoms in total. The standard InChI is InChI=1S/C11H17FN2O/c1-3-11(15)7-14-8(2)9-4-10(12)6-13-5-9/h4-6,8,11,14-15H,3,7H2,1-2H3. The summed E-state index contributed by atoms with van der Waals surface area (Å²) < 4.78 is 12.9. The highest BCUT2D eigenvalue weighted by atomic mass is 19.1. The van der Waals surface area contributed by atoms with Gasteiger partial charge in [-0.15, -0.1) is 0 Å². The van der Waals surface area contributed by atoms with Crippen LogP contribution in [0.2, 0.25) is 0 Å². The van der Waals surface area contributed by atoms with Crippen molar-refractivity contribution < 1.29 is 9.50 Å². The average Bonchev–Trinajstić information content (AvgIpc) is 2.25. The number of nitrogens with zero attached hydrogens (tertiary/aromatic N) is 1. The van der Waals surface area contributed by atoms with E-state index in [-0.39, 0.29) is 18.0 Å². The molecule has 4 heteroatoms. The lowest BCUT2D eigenvalue weighted by Crippen LogP contribution is -2.28. The summed E-state index contributed by atoms with van der Waals surface area (Å²) in [6.45, 7) is 4.34. The molecule has 84 valence electrons. The van der Waals surface area contributed by atoms with Crippen LogP contribution in [-0.2, 0) is 0 Å². The summed E-state index contributed by atoms with van der Waals surface area (Å²) in [4.78, 5) is 3.78. The molecule has 2 unspecified atom stereocenters. The maximum absolute atomic E-state index is 12.9. The molecule has 0 radical (unpaired) electrons. The lowest BCUT2D eigenvalue weighted by atomic mass is 10.1. The maximum Gasteiger partial charge on any atom is 0.141 e. The zero-order chi connectivity index (χ0) is 11.3. The van der Waals surface area contributed by atoms with Gasteiger partial charge < -0.3 is 10.4 Å². The van der Waals surface area contributed by atoms with Crippen LogP contribution in [0.15, 0.2) is 18.5 Å². The van der Waals surface area contributed by atoms with E-state index in [1.54, 1.807) is 6.20 Å². The summed E-state index contributed by atoms with van der Waals surface area (Å²) in [6, 6.07) is 1.44. The van der Waals surface area contributed by atoms with E-state index in [1.807, 2.05) is 13.8 Å². The van der Waals surface area contributed by atoms with Crippen LogP contribution in [0.3, 0.4) is 0 Å². The summed E-state index contributed by atoms with van der Waals surface area (Å²) in [7, 11) is 0. The summed E-state index contributed by atoms with van der Waals surface area (Å²) in [5, 5.41) is 12.5. The Labute approximate surface area is 89.4 Å². The molecule has 1 heterocycles. The second-order valence-corrected chi connectivity index (χ2v) is 3.63. The van der Waals surface area contributed by atoms with Crippen LogP contribution in [0.5, 0.6) is 0 Å². The van der Waals surface area contributed by atoms with Gasteiger partial charge in [0, 0.05) is 18.8 Å². The van der Waals surface area contributed by atoms with E-state index in [2.05, 4.69) is 10.3 Å². The van der Waals surface area contributed by atoms with E-state index >= 15 is 0 Å². The highest BCUT2D eigenvalue weighted by Crippen LogP contribution is 2.11. The Morgan fingerprint density at radius 3 is 2.87 bits per heavy atom. The van der Waals surface area contributed by atoms with Gasteiger partial charge in [0.15, 0.2) is 0 Å². The van der Waals surface area contributed by atoms with Crippen molar-refractivity contribution in [2.24, 2.45) is 0 Å². The minimum Gasteiger partial charge on any atom is -0.392 e. The smallest absolute Gasteiger partial charge is 0.141 e. The molecule has 0 saturated carbocycles. The van der Waals surface area contributed by atoms with Crippen molar-refractivity contribution in [3.63, 3.8) is 0 Å². The molecule has 0 fully saturated rings. The fraction of sp³-hybridized carbons (Fsp3) is 0.545. The van der Waals surface area contributed by atoms with Gasteiger partial charge in [0.25, 0.3) is 0 Å². The lowest BCUT2D eigenvalue weighted by molar-refractivity contribution is 0.163. The Morgan fingerprint density at radius 2 is 2.27 bits per heavy atom. The zero-order valence-electron chi connectivity index (χ0n) is 9.07. The predicted molar refractivity (Wildman–Crippen MR) is 56.9 cm³/mol. The van der Waals surface area contributed by atoms with Crippen molar-refractivity contribution >= 4 is 0 Å². The molecule has 0 bridgehead atoms. The monoisotopic (exact) mass is 212 g/mol. The van der Waals surface area contributed by atoms with Crippen molar-refractivity contribution in [2.45, 2.75) is 32.4 Å². The van der Waals surface area contributed by atoms with Crippen LogP contribution >= 0.6 is 0 Å². The third kappa shape index (κ3) is 3.93. The van der Waals surface area contributed by atoms with Gasteiger partial charge in [-0.3, -0.25) is 4.98 Å². The number of aliphatic hydroxyl groups excluding tert-OH is 1. The Hall–Kier alpha value is -1.00. The Morgan fingerprint density at radius 1 is 1.53 bits per heavy atom. The number of aromatic nitrogens is 1. The Balaban J connectivity index is 2.50. The fourth-order valence-corrected chi connectivity index (χ4v) is 1.24. The summed E-state index contributed by atoms with van der Waals surface area (Å²) >= 11 is 0. The summed E-state index contributed by atoms with van der Waals surface area (Å²) in [5.41, 5.74) is 0.790. The average molecular weight is 212 g/mol. The van der Waals surface area contributed by atoms with E-state index in [0.717, 1.165) is 5.56 Å². The van der Waals surface area contributed by atoms with Crippen molar-refractivity contribution in [3.05, 3.63) is 29.8 Å². The first-order valence-electron chi connectivity index (χ1n) is 5.15. The molecule has 0 aliphatic carbocycles. The maximum atomic E-state index is 12.9. The van der Waals surface area contributed by atoms with Gasteiger partial charge in [-0.25, -0.2) is 4.39 Å². The van der Waals surface area contributed by atoms with Gasteiger partial charge in [0.05, 0.1) is 12.3 Å². The van der Waals surface area contributed by atoms with Crippen LogP contribution in [-0.4, -0.2) is 22.7 Å². The first-order chi connectivity index (χ1) is 7.13. The fourth-order valence-electron chi connectivity index (χ4n) is 1.24. The first-order valence-corrected chi connectivity index (χ1v) is 5.15. The zero-order valence-corrected chi connectivity index (χ0v) is 9.07. The predicted octanol–water partition coefficient (Wildman–Crippen LogP) is 1.64. The number of hydrogen-bond acceptors (Lipinski definition) is 3. The molecule has 0 amide bonds. The van der Waals surface area contributed by atoms with Gasteiger partial charge in [-0.2, -0.15) is 0 Å². The van der Waals surface area contributed by atoms with Gasteiger partial charge in [-0.05, 0) is 25.0 Å². The molecule has 0 aromatic carbocycles. The van der Waals surface area contributed by atoms with Crippen LogP contribution < -0.4 is 5.32 Å². The van der Waals surface area contributed by atoms with Gasteiger partial charge in [-0.1, -0.05) is 6.92 Å². The third-order valence-corrected chi connectivity index (χ3v) is 2.36. The van der Waals surface area contributed by atoms with Crippen LogP contribution in [0.25, 0.3) is 0 Å². The highest BCUT2D eigenvalue weighted by molar-refractivity contribution is 5.14. The Bertz CT molecular complexity index is 306. The first kappa shape index (κ1) is 12.1. The number of hydrogen-bond donors (Lipinski definition) is 2. The van der Waals surface area contributed by atoms with E-state index in [1.165, 1.54) is 12.3 Å². The molecular weight excluding hydrogens is 195 g/mol. The molecule has 0 aliphatic rings. The van der Waals surface area contributed by atoms with Gasteiger partial charge in [0.2, 0.25) is 0 Å². The normalized spacial score (nSPS) is 14.9. The number of rotatable bonds is 5. The summed E-state index contributed by atoms with van der Waals surface area (Å²) in [6.07, 6.45) is 3.16. The van der Waals surface area contributed by atoms with E-state index in [9.17, 15) is 9.50 Å². The van der Waals surface area contributed by atoms with Crippen LogP contribution in [0.4, 0.5) is 4.39 Å². The third-order valence-electron chi connectivity index (χ3n) is 2.36. The SMILES string of the molecule is CCC(O)CNC(C)c1cncc(F)c1. The topological polar surface area (TPSA) is 45.1 Å². The molecule has 2 atom stereocenters. The molecule has 1 aromatic heterocycles. The van der Waals surface area contributed by atoms with Crippen molar-refractivity contribution in [3.8, 4) is 0 Å². The number of pyridine rings is 1. The van der Waals surface area contributed by atoms with Gasteiger partial charge >= 0.3 is 0 Å². The largest absolute Gasteiger partial charge is 0.392 e. The summed E-state index contributed by atoms with van der Waals surface area (Å²) in [5.74, 6) is -0.336. The molecule has 0 saturated heterocycles. The van der Waals surface area contributed by atoms with Crippen molar-refractivity contribution in [2.75, 3.05) is 6.54 Å². The van der Waals surface area contributed by atoms with E-state index in [0.29, 0.717) is 13.0 Å². The van der Waals surface area contributed by atoms with Crippen molar-refractivity contribution in [1.82, 2.24) is 10.3 Å². The molecule has 2 N–H and O–H groups in total. The van der Waals surface area contributed by atoms with Crippen LogP contribution in [0, 0.1) is 5.82 Å². The molecule has 1 rings (SSSR count). The number of halogens is 1. The number of aliphatic hydroxyl groups is 1. The van der Waals surface area contributed by atoms with E-state index < -0.39 is 0 Å². The molecular formula is C11H17FN2O. The lowest BCUT2D eigenvalue weighted by Gasteiger charge is -2.16.